The molecular formula is C40H31Cl2F3N4O7. The van der Waals surface area contributed by atoms with Gasteiger partial charge < -0.3 is 10.2 Å². The van der Waals surface area contributed by atoms with Gasteiger partial charge in [0.05, 0.1) is 33.8 Å². The summed E-state index contributed by atoms with van der Waals surface area (Å²) in [5.74, 6) is -9.28. The number of hydrogen-bond donors (Lipinski definition) is 3. The zero-order valence-electron chi connectivity index (χ0n) is 29.1. The number of carboxylic acids is 1. The van der Waals surface area contributed by atoms with E-state index in [1.807, 2.05) is 6.07 Å². The maximum Gasteiger partial charge on any atom is 0.417 e. The topological polar surface area (TPSA) is 157 Å². The van der Waals surface area contributed by atoms with E-state index in [-0.39, 0.29) is 38.0 Å². The van der Waals surface area contributed by atoms with Crippen molar-refractivity contribution in [2.24, 2.45) is 23.7 Å². The normalized spacial score (nSPS) is 25.9. The molecule has 3 N–H and O–H groups in total. The molecule has 6 atom stereocenters. The molecule has 3 fully saturated rings. The van der Waals surface area contributed by atoms with Crippen molar-refractivity contribution in [2.45, 2.75) is 43.2 Å². The fraction of sp³-hybridized carbons (Fsp3) is 0.300. The first-order valence-electron chi connectivity index (χ1n) is 17.8. The summed E-state index contributed by atoms with van der Waals surface area (Å²) >= 11 is 12.6. The van der Waals surface area contributed by atoms with Gasteiger partial charge in [0.15, 0.2) is 5.82 Å². The van der Waals surface area contributed by atoms with Crippen LogP contribution in [0.25, 0.3) is 10.8 Å². The molecule has 4 amide bonds. The number of hydrazine groups is 1. The van der Waals surface area contributed by atoms with E-state index in [0.29, 0.717) is 49.8 Å². The smallest absolute Gasteiger partial charge is 0.417 e. The lowest BCUT2D eigenvalue weighted by Gasteiger charge is -2.51. The highest BCUT2D eigenvalue weighted by molar-refractivity contribution is 6.33. The second-order valence-electron chi connectivity index (χ2n) is 14.5. The summed E-state index contributed by atoms with van der Waals surface area (Å²) < 4.78 is 40.5. The van der Waals surface area contributed by atoms with Crippen LogP contribution in [0.2, 0.25) is 10.0 Å². The Hall–Kier alpha value is -5.47. The zero-order valence-corrected chi connectivity index (χ0v) is 30.6. The van der Waals surface area contributed by atoms with E-state index in [2.05, 4.69) is 10.4 Å². The van der Waals surface area contributed by atoms with Crippen LogP contribution < -0.4 is 5.43 Å². The quantitative estimate of drug-likeness (QED) is 0.125. The highest BCUT2D eigenvalue weighted by Gasteiger charge is 2.71. The number of rotatable bonds is 8. The Labute approximate surface area is 326 Å². The number of anilines is 1. The number of carbonyl (C=O) groups excluding carboxylic acids is 4. The van der Waals surface area contributed by atoms with E-state index in [9.17, 15) is 42.6 Å². The van der Waals surface area contributed by atoms with Gasteiger partial charge in [-0.15, -0.1) is 0 Å². The van der Waals surface area contributed by atoms with E-state index in [0.717, 1.165) is 4.90 Å². The monoisotopic (exact) mass is 806 g/mol. The molecule has 1 saturated carbocycles. The van der Waals surface area contributed by atoms with Gasteiger partial charge in [-0.05, 0) is 65.8 Å². The number of phenols is 1. The van der Waals surface area contributed by atoms with Gasteiger partial charge in [0, 0.05) is 35.7 Å². The molecule has 1 aromatic heterocycles. The molecule has 11 nitrogen and oxygen atoms in total. The van der Waals surface area contributed by atoms with Crippen LogP contribution in [0.5, 0.6) is 5.75 Å². The zero-order chi connectivity index (χ0) is 39.8. The number of carbonyl (C=O) groups is 5. The highest BCUT2D eigenvalue weighted by Crippen LogP contribution is 2.65. The summed E-state index contributed by atoms with van der Waals surface area (Å²) in [7, 11) is 0. The first kappa shape index (κ1) is 37.5. The van der Waals surface area contributed by atoms with Crippen LogP contribution in [0.1, 0.15) is 48.3 Å². The van der Waals surface area contributed by atoms with Crippen molar-refractivity contribution in [1.82, 2.24) is 14.9 Å². The molecule has 0 spiro atoms. The average molecular weight is 808 g/mol. The van der Waals surface area contributed by atoms with Gasteiger partial charge in [-0.3, -0.25) is 34.3 Å². The lowest BCUT2D eigenvalue weighted by Crippen LogP contribution is -2.53. The Morgan fingerprint density at radius 1 is 0.964 bits per heavy atom. The number of carboxylic acid groups (broad SMARTS) is 1. The molecule has 8 rings (SSSR count). The summed E-state index contributed by atoms with van der Waals surface area (Å²) in [6.07, 6.45) is -2.69. The third kappa shape index (κ3) is 5.71. The van der Waals surface area contributed by atoms with Gasteiger partial charge in [-0.1, -0.05) is 77.3 Å². The van der Waals surface area contributed by atoms with Crippen molar-refractivity contribution < 1.29 is 47.4 Å². The minimum atomic E-state index is -4.78. The van der Waals surface area contributed by atoms with Crippen LogP contribution in [0.4, 0.5) is 19.0 Å². The minimum absolute atomic E-state index is 0.0418. The Kier molecular flexibility index (Phi) is 9.11. The fourth-order valence-corrected chi connectivity index (χ4v) is 9.69. The number of amides is 4. The molecule has 288 valence electrons. The highest BCUT2D eigenvalue weighted by atomic mass is 35.5. The second-order valence-corrected chi connectivity index (χ2v) is 15.3. The average Bonchev–Trinajstić information content (AvgIpc) is 3.52. The summed E-state index contributed by atoms with van der Waals surface area (Å²) in [6, 6.07) is 17.2. The number of alkyl halides is 3. The lowest BCUT2D eigenvalue weighted by atomic mass is 9.48. The third-order valence-corrected chi connectivity index (χ3v) is 12.2. The SMILES string of the molecule is O=C(O)CCCN1C(=O)[C@H]2[C@H](CC=C3[C@H]2C[C@H]2C(=O)N(Nc4ncc(C(F)(F)F)cc4Cl)C(=O)[C@@]2(c2ccc(Cl)cc2)[C@H]3c2c(O)ccc3ccccc23)C1=O. The van der Waals surface area contributed by atoms with Crippen LogP contribution >= 0.6 is 23.2 Å². The summed E-state index contributed by atoms with van der Waals surface area (Å²) in [5, 5.41) is 22.8. The largest absolute Gasteiger partial charge is 0.508 e. The van der Waals surface area contributed by atoms with Gasteiger partial charge in [-0.25, -0.2) is 4.98 Å². The number of hydrogen-bond acceptors (Lipinski definition) is 8. The van der Waals surface area contributed by atoms with Crippen molar-refractivity contribution >= 4 is 69.4 Å². The number of allylic oxidation sites excluding steroid dienone is 2. The molecule has 0 bridgehead atoms. The van der Waals surface area contributed by atoms with Gasteiger partial charge in [0.2, 0.25) is 11.8 Å². The molecule has 56 heavy (non-hydrogen) atoms. The van der Waals surface area contributed by atoms with Crippen LogP contribution in [0.15, 0.2) is 84.6 Å². The minimum Gasteiger partial charge on any atom is -0.508 e. The van der Waals surface area contributed by atoms with Crippen molar-refractivity contribution in [3.05, 3.63) is 111 Å². The molecule has 4 aromatic rings. The summed E-state index contributed by atoms with van der Waals surface area (Å²) in [4.78, 5) is 74.5. The maximum absolute atomic E-state index is 15.4. The number of likely N-dealkylation sites (tertiary alicyclic amines) is 1. The molecule has 16 heteroatoms. The number of pyridine rings is 1. The first-order chi connectivity index (χ1) is 26.6. The Morgan fingerprint density at radius 2 is 1.70 bits per heavy atom. The van der Waals surface area contributed by atoms with Crippen molar-refractivity contribution in [1.29, 1.82) is 0 Å². The number of aliphatic carboxylic acids is 1. The van der Waals surface area contributed by atoms with Crippen LogP contribution in [0.3, 0.4) is 0 Å². The second kappa shape index (κ2) is 13.6. The Morgan fingerprint density at radius 3 is 2.39 bits per heavy atom. The van der Waals surface area contributed by atoms with Gasteiger partial charge in [0.1, 0.15) is 5.75 Å². The van der Waals surface area contributed by atoms with E-state index in [4.69, 9.17) is 23.2 Å². The van der Waals surface area contributed by atoms with Crippen molar-refractivity contribution in [3.8, 4) is 5.75 Å². The van der Waals surface area contributed by atoms with E-state index in [1.165, 1.54) is 6.07 Å². The number of phenolic OH excluding ortho intramolecular Hbond substituents is 1. The van der Waals surface area contributed by atoms with Crippen LogP contribution in [-0.4, -0.2) is 61.2 Å². The number of benzene rings is 3. The number of nitrogens with zero attached hydrogens (tertiary/aromatic N) is 3. The number of halogens is 5. The Bertz CT molecular complexity index is 2390. The standard InChI is InChI=1S/C40H31Cl2F3N4O7/c41-22-10-8-20(9-11-22)39-27(36(54)49(38(39)56)47-34-28(42)16-21(18-46-34)40(43,44)45)17-26-24(33(39)32-23-5-2-1-4-19(23)7-14-29(32)50)12-13-25-31(26)37(55)48(35(25)53)15-3-6-30(51)52/h1-2,4-5,7-12,14,16,18,25-27,31,33,50H,3,6,13,15,17H2,(H,46,47)(H,51,52)/t25-,26+,27-,31-,33+,39+/m0/s1. The summed E-state index contributed by atoms with van der Waals surface area (Å²) in [6.45, 7) is -0.110. The molecule has 3 heterocycles. The van der Waals surface area contributed by atoms with Crippen LogP contribution in [0, 0.1) is 23.7 Å². The number of fused-ring (bicyclic) bond motifs is 5. The Balaban J connectivity index is 1.34. The van der Waals surface area contributed by atoms with Crippen molar-refractivity contribution in [2.75, 3.05) is 12.0 Å². The number of nitrogens with one attached hydrogen (secondary N) is 1. The van der Waals surface area contributed by atoms with Gasteiger partial charge in [0.25, 0.3) is 11.8 Å². The molecule has 4 aliphatic rings. The van der Waals surface area contributed by atoms with E-state index < -0.39 is 87.2 Å². The van der Waals surface area contributed by atoms with Crippen molar-refractivity contribution in [3.63, 3.8) is 0 Å². The number of aromatic nitrogens is 1. The van der Waals surface area contributed by atoms with Gasteiger partial charge in [-0.2, -0.15) is 18.2 Å². The maximum atomic E-state index is 15.4. The third-order valence-electron chi connectivity index (χ3n) is 11.7. The van der Waals surface area contributed by atoms with E-state index >= 15 is 4.79 Å². The number of imide groups is 2. The molecule has 0 radical (unpaired) electrons. The summed E-state index contributed by atoms with van der Waals surface area (Å²) in [5.41, 5.74) is 0.772. The first-order valence-corrected chi connectivity index (χ1v) is 18.5. The predicted octanol–water partition coefficient (Wildman–Crippen LogP) is 7.12. The molecule has 3 aromatic carbocycles. The lowest BCUT2D eigenvalue weighted by molar-refractivity contribution is -0.142. The van der Waals surface area contributed by atoms with Gasteiger partial charge >= 0.3 is 12.1 Å². The molecule has 2 aliphatic carbocycles. The molecule has 0 unspecified atom stereocenters. The van der Waals surface area contributed by atoms with E-state index in [1.54, 1.807) is 54.6 Å². The predicted molar refractivity (Wildman–Crippen MR) is 196 cm³/mol. The van der Waals surface area contributed by atoms with Crippen LogP contribution in [-0.2, 0) is 35.6 Å². The molecular weight excluding hydrogens is 776 g/mol. The number of aromatic hydroxyl groups is 1. The fourth-order valence-electron chi connectivity index (χ4n) is 9.36. The molecule has 2 saturated heterocycles. The molecule has 2 aliphatic heterocycles.